The van der Waals surface area contributed by atoms with E-state index in [1.165, 1.54) is 0 Å². The lowest BCUT2D eigenvalue weighted by atomic mass is 10.0. The smallest absolute Gasteiger partial charge is 0.240 e. The predicted molar refractivity (Wildman–Crippen MR) is 171 cm³/mol. The van der Waals surface area contributed by atoms with Gasteiger partial charge in [-0.25, -0.2) is 0 Å². The standard InChI is InChI=1S/C34H37N7O3/c1-34(2,35)33(42)38-29(15-22-18-36-27-11-7-5-9-25(22)27)32-40-39-31(16-23-19-37-28-12-8-6-10-26(23)28)41(32)20-21-13-14-24(43-3)17-30(21)44-4/h5-14,17-19,29,36-37H,15-16,20,35H2,1-4H3,(H,38,42). The largest absolute Gasteiger partial charge is 0.497 e. The van der Waals surface area contributed by atoms with E-state index in [2.05, 4.69) is 38.1 Å². The maximum atomic E-state index is 13.4. The summed E-state index contributed by atoms with van der Waals surface area (Å²) in [6, 6.07) is 21.5. The highest BCUT2D eigenvalue weighted by Gasteiger charge is 2.30. The van der Waals surface area contributed by atoms with Crippen molar-refractivity contribution in [2.45, 2.75) is 44.8 Å². The fourth-order valence-electron chi connectivity index (χ4n) is 5.58. The third-order valence-corrected chi connectivity index (χ3v) is 8.00. The predicted octanol–water partition coefficient (Wildman–Crippen LogP) is 5.03. The first kappa shape index (κ1) is 29.0. The number of H-pyrrole nitrogens is 2. The van der Waals surface area contributed by atoms with Gasteiger partial charge in [0, 0.05) is 58.7 Å². The summed E-state index contributed by atoms with van der Waals surface area (Å²) in [5.41, 5.74) is 10.3. The van der Waals surface area contributed by atoms with Gasteiger partial charge in [0.05, 0.1) is 32.3 Å². The van der Waals surface area contributed by atoms with Crippen LogP contribution in [0.2, 0.25) is 0 Å². The molecule has 0 aliphatic heterocycles. The van der Waals surface area contributed by atoms with Crippen LogP contribution in [0.4, 0.5) is 0 Å². The Hall–Kier alpha value is -5.09. The molecule has 44 heavy (non-hydrogen) atoms. The van der Waals surface area contributed by atoms with Crippen molar-refractivity contribution in [3.63, 3.8) is 0 Å². The average Bonchev–Trinajstić information content (AvgIpc) is 3.74. The second-order valence-corrected chi connectivity index (χ2v) is 11.6. The number of methoxy groups -OCH3 is 2. The number of para-hydroxylation sites is 2. The molecule has 1 atom stereocenters. The van der Waals surface area contributed by atoms with Gasteiger partial charge in [-0.2, -0.15) is 0 Å². The molecule has 0 saturated heterocycles. The van der Waals surface area contributed by atoms with Crippen molar-refractivity contribution in [3.05, 3.63) is 107 Å². The molecule has 5 N–H and O–H groups in total. The number of nitrogens with two attached hydrogens (primary N) is 1. The van der Waals surface area contributed by atoms with Crippen molar-refractivity contribution in [2.75, 3.05) is 14.2 Å². The number of carbonyl (C=O) groups excluding carboxylic acids is 1. The van der Waals surface area contributed by atoms with E-state index >= 15 is 0 Å². The van der Waals surface area contributed by atoms with Gasteiger partial charge in [0.15, 0.2) is 5.82 Å². The number of hydrogen-bond acceptors (Lipinski definition) is 6. The molecule has 3 heterocycles. The number of fused-ring (bicyclic) bond motifs is 2. The number of aromatic nitrogens is 5. The SMILES string of the molecule is COc1ccc(Cn2c(Cc3c[nH]c4ccccc34)nnc2C(Cc2c[nH]c3ccccc23)NC(=O)C(C)(C)N)c(OC)c1. The Labute approximate surface area is 255 Å². The number of nitrogens with zero attached hydrogens (tertiary/aromatic N) is 3. The topological polar surface area (TPSA) is 136 Å². The Bertz CT molecular complexity index is 1930. The zero-order valence-corrected chi connectivity index (χ0v) is 25.3. The van der Waals surface area contributed by atoms with Gasteiger partial charge in [-0.05, 0) is 49.2 Å². The maximum Gasteiger partial charge on any atom is 0.240 e. The van der Waals surface area contributed by atoms with Gasteiger partial charge in [0.2, 0.25) is 5.91 Å². The van der Waals surface area contributed by atoms with Crippen LogP contribution in [0.5, 0.6) is 11.5 Å². The molecule has 6 aromatic rings. The monoisotopic (exact) mass is 591 g/mol. The van der Waals surface area contributed by atoms with Gasteiger partial charge in [0.1, 0.15) is 17.3 Å². The molecular formula is C34H37N7O3. The lowest BCUT2D eigenvalue weighted by molar-refractivity contribution is -0.126. The molecule has 0 bridgehead atoms. The fraction of sp³-hybridized carbons (Fsp3) is 0.265. The van der Waals surface area contributed by atoms with Crippen LogP contribution < -0.4 is 20.5 Å². The summed E-state index contributed by atoms with van der Waals surface area (Å²) in [5.74, 6) is 2.48. The van der Waals surface area contributed by atoms with E-state index in [9.17, 15) is 4.79 Å². The summed E-state index contributed by atoms with van der Waals surface area (Å²) in [6.07, 6.45) is 5.01. The van der Waals surface area contributed by atoms with E-state index in [-0.39, 0.29) is 5.91 Å². The van der Waals surface area contributed by atoms with Crippen molar-refractivity contribution < 1.29 is 14.3 Å². The number of benzene rings is 3. The third-order valence-electron chi connectivity index (χ3n) is 8.00. The average molecular weight is 592 g/mol. The summed E-state index contributed by atoms with van der Waals surface area (Å²) in [4.78, 5) is 20.1. The number of carbonyl (C=O) groups is 1. The molecule has 0 aliphatic carbocycles. The van der Waals surface area contributed by atoms with E-state index in [4.69, 9.17) is 25.4 Å². The van der Waals surface area contributed by atoms with E-state index < -0.39 is 11.6 Å². The van der Waals surface area contributed by atoms with Crippen molar-refractivity contribution >= 4 is 27.7 Å². The minimum Gasteiger partial charge on any atom is -0.497 e. The molecule has 226 valence electrons. The van der Waals surface area contributed by atoms with E-state index in [0.29, 0.717) is 36.7 Å². The molecular weight excluding hydrogens is 554 g/mol. The summed E-state index contributed by atoms with van der Waals surface area (Å²) in [6.45, 7) is 3.81. The van der Waals surface area contributed by atoms with Crippen molar-refractivity contribution in [1.82, 2.24) is 30.0 Å². The first-order valence-corrected chi connectivity index (χ1v) is 14.6. The third kappa shape index (κ3) is 5.76. The first-order valence-electron chi connectivity index (χ1n) is 14.6. The Morgan fingerprint density at radius 3 is 2.23 bits per heavy atom. The Kier molecular flexibility index (Phi) is 7.84. The lowest BCUT2D eigenvalue weighted by Gasteiger charge is -2.25. The quantitative estimate of drug-likeness (QED) is 0.167. The van der Waals surface area contributed by atoms with Crippen LogP contribution in [0.1, 0.15) is 48.2 Å². The summed E-state index contributed by atoms with van der Waals surface area (Å²) < 4.78 is 13.3. The Morgan fingerprint density at radius 2 is 1.57 bits per heavy atom. The molecule has 0 saturated carbocycles. The van der Waals surface area contributed by atoms with Crippen LogP contribution in [-0.2, 0) is 24.2 Å². The molecule has 0 radical (unpaired) electrons. The molecule has 3 aromatic heterocycles. The molecule has 3 aromatic carbocycles. The number of nitrogens with one attached hydrogen (secondary N) is 3. The van der Waals surface area contributed by atoms with Crippen LogP contribution in [0.25, 0.3) is 21.8 Å². The molecule has 10 nitrogen and oxygen atoms in total. The maximum absolute atomic E-state index is 13.4. The van der Waals surface area contributed by atoms with Crippen LogP contribution >= 0.6 is 0 Å². The number of hydrogen-bond donors (Lipinski definition) is 4. The number of ether oxygens (including phenoxy) is 2. The molecule has 0 fully saturated rings. The van der Waals surface area contributed by atoms with E-state index in [1.54, 1.807) is 28.1 Å². The highest BCUT2D eigenvalue weighted by Crippen LogP contribution is 2.30. The van der Waals surface area contributed by atoms with Gasteiger partial charge in [-0.3, -0.25) is 4.79 Å². The van der Waals surface area contributed by atoms with Gasteiger partial charge in [-0.15, -0.1) is 10.2 Å². The minimum atomic E-state index is -1.09. The zero-order chi connectivity index (χ0) is 30.8. The Balaban J connectivity index is 1.46. The van der Waals surface area contributed by atoms with Crippen LogP contribution in [0, 0.1) is 0 Å². The molecule has 0 spiro atoms. The normalized spacial score (nSPS) is 12.5. The highest BCUT2D eigenvalue weighted by molar-refractivity contribution is 5.86. The van der Waals surface area contributed by atoms with Crippen LogP contribution in [0.3, 0.4) is 0 Å². The van der Waals surface area contributed by atoms with Crippen molar-refractivity contribution in [3.8, 4) is 11.5 Å². The second kappa shape index (κ2) is 11.9. The van der Waals surface area contributed by atoms with Crippen molar-refractivity contribution in [2.24, 2.45) is 5.73 Å². The summed E-state index contributed by atoms with van der Waals surface area (Å²) >= 11 is 0. The van der Waals surface area contributed by atoms with Crippen molar-refractivity contribution in [1.29, 1.82) is 0 Å². The van der Waals surface area contributed by atoms with Gasteiger partial charge in [0.25, 0.3) is 0 Å². The number of amides is 1. The van der Waals surface area contributed by atoms with Crippen LogP contribution in [0.15, 0.2) is 79.1 Å². The molecule has 0 aliphatic rings. The van der Waals surface area contributed by atoms with Crippen LogP contribution in [-0.4, -0.2) is 50.4 Å². The number of rotatable bonds is 11. The summed E-state index contributed by atoms with van der Waals surface area (Å²) in [5, 5.41) is 14.8. The van der Waals surface area contributed by atoms with Gasteiger partial charge < -0.3 is 35.1 Å². The highest BCUT2D eigenvalue weighted by atomic mass is 16.5. The zero-order valence-electron chi connectivity index (χ0n) is 25.3. The molecule has 10 heteroatoms. The lowest BCUT2D eigenvalue weighted by Crippen LogP contribution is -2.50. The summed E-state index contributed by atoms with van der Waals surface area (Å²) in [7, 11) is 3.27. The molecule has 6 rings (SSSR count). The first-order chi connectivity index (χ1) is 21.2. The minimum absolute atomic E-state index is 0.280. The Morgan fingerprint density at radius 1 is 0.909 bits per heavy atom. The fourth-order valence-corrected chi connectivity index (χ4v) is 5.58. The van der Waals surface area contributed by atoms with E-state index in [1.807, 2.05) is 60.9 Å². The molecule has 1 unspecified atom stereocenters. The second-order valence-electron chi connectivity index (χ2n) is 11.6. The van der Waals surface area contributed by atoms with Gasteiger partial charge in [-0.1, -0.05) is 36.4 Å². The van der Waals surface area contributed by atoms with E-state index in [0.717, 1.165) is 44.3 Å². The molecule has 1 amide bonds. The number of aromatic amines is 2. The van der Waals surface area contributed by atoms with Gasteiger partial charge >= 0.3 is 0 Å².